The van der Waals surface area contributed by atoms with Gasteiger partial charge in [0.1, 0.15) is 5.75 Å². The van der Waals surface area contributed by atoms with Crippen LogP contribution in [0.1, 0.15) is 5.56 Å². The van der Waals surface area contributed by atoms with Crippen molar-refractivity contribution < 1.29 is 9.90 Å². The molecule has 0 aliphatic carbocycles. The molecule has 0 heterocycles. The third-order valence-electron chi connectivity index (χ3n) is 2.63. The number of carbonyl (C=O) groups excluding carboxylic acids is 1. The highest BCUT2D eigenvalue weighted by molar-refractivity contribution is 6.30. The third kappa shape index (κ3) is 4.81. The van der Waals surface area contributed by atoms with Gasteiger partial charge in [-0.15, -0.1) is 0 Å². The smallest absolute Gasteiger partial charge is 0.259 e. The van der Waals surface area contributed by atoms with E-state index in [9.17, 15) is 9.90 Å². The molecule has 0 aromatic heterocycles. The van der Waals surface area contributed by atoms with E-state index < -0.39 is 0 Å². The second-order valence-electron chi connectivity index (χ2n) is 4.21. The van der Waals surface area contributed by atoms with Gasteiger partial charge in [-0.05, 0) is 36.4 Å². The number of amides is 1. The van der Waals surface area contributed by atoms with Gasteiger partial charge in [0.25, 0.3) is 5.91 Å². The minimum atomic E-state index is -0.295. The van der Waals surface area contributed by atoms with Crippen molar-refractivity contribution in [3.63, 3.8) is 0 Å². The summed E-state index contributed by atoms with van der Waals surface area (Å²) in [4.78, 5) is 11.6. The molecule has 5 nitrogen and oxygen atoms in total. The van der Waals surface area contributed by atoms with Gasteiger partial charge < -0.3 is 10.4 Å². The maximum atomic E-state index is 11.6. The largest absolute Gasteiger partial charge is 0.507 e. The van der Waals surface area contributed by atoms with Crippen LogP contribution in [0.15, 0.2) is 53.6 Å². The van der Waals surface area contributed by atoms with Gasteiger partial charge in [0, 0.05) is 16.3 Å². The molecule has 6 heteroatoms. The quantitative estimate of drug-likeness (QED) is 0.587. The van der Waals surface area contributed by atoms with E-state index in [0.717, 1.165) is 5.69 Å². The Balaban J connectivity index is 1.80. The molecule has 0 bridgehead atoms. The summed E-state index contributed by atoms with van der Waals surface area (Å²) in [6.45, 7) is 0.0831. The summed E-state index contributed by atoms with van der Waals surface area (Å²) in [6, 6.07) is 13.7. The second kappa shape index (κ2) is 7.31. The van der Waals surface area contributed by atoms with Crippen LogP contribution in [-0.4, -0.2) is 23.8 Å². The number of para-hydroxylation sites is 1. The minimum Gasteiger partial charge on any atom is -0.507 e. The fourth-order valence-electron chi connectivity index (χ4n) is 1.56. The Kier molecular flexibility index (Phi) is 5.17. The van der Waals surface area contributed by atoms with Crippen LogP contribution in [0.5, 0.6) is 5.75 Å². The number of hydrazone groups is 1. The molecule has 0 saturated carbocycles. The van der Waals surface area contributed by atoms with Gasteiger partial charge >= 0.3 is 0 Å². The number of phenols is 1. The monoisotopic (exact) mass is 303 g/mol. The number of anilines is 1. The SMILES string of the molecule is O=C(CNc1ccc(Cl)cc1)N/N=C/c1ccccc1O. The molecule has 0 spiro atoms. The molecule has 0 radical (unpaired) electrons. The van der Waals surface area contributed by atoms with Crippen molar-refractivity contribution in [1.29, 1.82) is 0 Å². The highest BCUT2D eigenvalue weighted by atomic mass is 35.5. The van der Waals surface area contributed by atoms with Crippen LogP contribution >= 0.6 is 11.6 Å². The Hall–Kier alpha value is -2.53. The lowest BCUT2D eigenvalue weighted by molar-refractivity contribution is -0.119. The van der Waals surface area contributed by atoms with E-state index in [0.29, 0.717) is 10.6 Å². The fourth-order valence-corrected chi connectivity index (χ4v) is 1.69. The summed E-state index contributed by atoms with van der Waals surface area (Å²) < 4.78 is 0. The van der Waals surface area contributed by atoms with E-state index in [2.05, 4.69) is 15.8 Å². The Labute approximate surface area is 127 Å². The van der Waals surface area contributed by atoms with Crippen molar-refractivity contribution in [3.05, 3.63) is 59.1 Å². The Morgan fingerprint density at radius 1 is 1.19 bits per heavy atom. The number of nitrogens with zero attached hydrogens (tertiary/aromatic N) is 1. The maximum absolute atomic E-state index is 11.6. The van der Waals surface area contributed by atoms with Crippen LogP contribution in [-0.2, 0) is 4.79 Å². The number of halogens is 1. The number of rotatable bonds is 5. The van der Waals surface area contributed by atoms with Gasteiger partial charge in [-0.25, -0.2) is 5.43 Å². The number of hydrogen-bond acceptors (Lipinski definition) is 4. The molecule has 0 atom stereocenters. The van der Waals surface area contributed by atoms with Gasteiger partial charge in [-0.1, -0.05) is 23.7 Å². The van der Waals surface area contributed by atoms with Crippen LogP contribution < -0.4 is 10.7 Å². The lowest BCUT2D eigenvalue weighted by Crippen LogP contribution is -2.25. The van der Waals surface area contributed by atoms with Crippen molar-refractivity contribution in [2.24, 2.45) is 5.10 Å². The topological polar surface area (TPSA) is 73.7 Å². The summed E-state index contributed by atoms with van der Waals surface area (Å²) >= 11 is 5.77. The van der Waals surface area contributed by atoms with Crippen molar-refractivity contribution in [1.82, 2.24) is 5.43 Å². The first-order valence-electron chi connectivity index (χ1n) is 6.24. The van der Waals surface area contributed by atoms with Gasteiger partial charge in [-0.2, -0.15) is 5.10 Å². The summed E-state index contributed by atoms with van der Waals surface area (Å²) in [5.74, 6) is -0.189. The number of aromatic hydroxyl groups is 1. The molecule has 0 unspecified atom stereocenters. The molecular weight excluding hydrogens is 290 g/mol. The lowest BCUT2D eigenvalue weighted by Gasteiger charge is -2.05. The number of phenolic OH excluding ortho intramolecular Hbond substituents is 1. The van der Waals surface area contributed by atoms with E-state index in [4.69, 9.17) is 11.6 Å². The number of carbonyl (C=O) groups is 1. The maximum Gasteiger partial charge on any atom is 0.259 e. The van der Waals surface area contributed by atoms with Gasteiger partial charge in [0.15, 0.2) is 0 Å². The molecular formula is C15H14ClN3O2. The zero-order chi connectivity index (χ0) is 15.1. The van der Waals surface area contributed by atoms with Gasteiger partial charge in [0.05, 0.1) is 12.8 Å². The molecule has 3 N–H and O–H groups in total. The Bertz CT molecular complexity index is 642. The lowest BCUT2D eigenvalue weighted by atomic mass is 10.2. The Morgan fingerprint density at radius 2 is 1.90 bits per heavy atom. The average molecular weight is 304 g/mol. The number of hydrogen-bond donors (Lipinski definition) is 3. The van der Waals surface area contributed by atoms with E-state index in [1.54, 1.807) is 48.5 Å². The highest BCUT2D eigenvalue weighted by Crippen LogP contribution is 2.13. The number of benzene rings is 2. The minimum absolute atomic E-state index is 0.0831. The first-order valence-corrected chi connectivity index (χ1v) is 6.62. The summed E-state index contributed by atoms with van der Waals surface area (Å²) in [7, 11) is 0. The zero-order valence-electron chi connectivity index (χ0n) is 11.1. The molecule has 21 heavy (non-hydrogen) atoms. The molecule has 0 fully saturated rings. The molecule has 0 saturated heterocycles. The predicted molar refractivity (Wildman–Crippen MR) is 83.8 cm³/mol. The zero-order valence-corrected chi connectivity index (χ0v) is 11.8. The van der Waals surface area contributed by atoms with Crippen LogP contribution in [0.4, 0.5) is 5.69 Å². The number of nitrogens with one attached hydrogen (secondary N) is 2. The van der Waals surface area contributed by atoms with Crippen LogP contribution in [0.25, 0.3) is 0 Å². The molecule has 0 aliphatic heterocycles. The molecule has 2 aromatic carbocycles. The first kappa shape index (κ1) is 14.9. The Morgan fingerprint density at radius 3 is 2.62 bits per heavy atom. The highest BCUT2D eigenvalue weighted by Gasteiger charge is 2.00. The van der Waals surface area contributed by atoms with Crippen LogP contribution in [0.3, 0.4) is 0 Å². The van der Waals surface area contributed by atoms with E-state index in [1.807, 2.05) is 0 Å². The second-order valence-corrected chi connectivity index (χ2v) is 4.65. The molecule has 0 aliphatic rings. The van der Waals surface area contributed by atoms with E-state index >= 15 is 0 Å². The summed E-state index contributed by atoms with van der Waals surface area (Å²) in [5.41, 5.74) is 3.69. The van der Waals surface area contributed by atoms with Crippen LogP contribution in [0, 0.1) is 0 Å². The van der Waals surface area contributed by atoms with Gasteiger partial charge in [-0.3, -0.25) is 4.79 Å². The summed E-state index contributed by atoms with van der Waals surface area (Å²) in [5, 5.41) is 16.9. The van der Waals surface area contributed by atoms with Crippen molar-refractivity contribution in [2.45, 2.75) is 0 Å². The molecule has 108 valence electrons. The molecule has 1 amide bonds. The first-order chi connectivity index (χ1) is 10.1. The third-order valence-corrected chi connectivity index (χ3v) is 2.88. The molecule has 2 aromatic rings. The fraction of sp³-hybridized carbons (Fsp3) is 0.0667. The van der Waals surface area contributed by atoms with Crippen molar-refractivity contribution >= 4 is 29.4 Å². The average Bonchev–Trinajstić information content (AvgIpc) is 2.49. The standard InChI is InChI=1S/C15H14ClN3O2/c16-12-5-7-13(8-6-12)17-10-15(21)19-18-9-11-3-1-2-4-14(11)20/h1-9,17,20H,10H2,(H,19,21)/b18-9+. The normalized spacial score (nSPS) is 10.5. The van der Waals surface area contributed by atoms with E-state index in [1.165, 1.54) is 6.21 Å². The van der Waals surface area contributed by atoms with Crippen LogP contribution in [0.2, 0.25) is 5.02 Å². The van der Waals surface area contributed by atoms with Gasteiger partial charge in [0.2, 0.25) is 0 Å². The van der Waals surface area contributed by atoms with E-state index in [-0.39, 0.29) is 18.2 Å². The van der Waals surface area contributed by atoms with Crippen molar-refractivity contribution in [3.8, 4) is 5.75 Å². The van der Waals surface area contributed by atoms with Crippen molar-refractivity contribution in [2.75, 3.05) is 11.9 Å². The molecule has 2 rings (SSSR count). The predicted octanol–water partition coefficient (Wildman–Crippen LogP) is 2.61. The summed E-state index contributed by atoms with van der Waals surface area (Å²) in [6.07, 6.45) is 1.38.